The Kier molecular flexibility index (Phi) is 9.69. The van der Waals surface area contributed by atoms with Crippen molar-refractivity contribution in [2.75, 3.05) is 64.0 Å². The summed E-state index contributed by atoms with van der Waals surface area (Å²) in [6.07, 6.45) is 4.65. The van der Waals surface area contributed by atoms with Gasteiger partial charge in [0.2, 0.25) is 10.0 Å². The lowest BCUT2D eigenvalue weighted by Crippen LogP contribution is -2.39. The quantitative estimate of drug-likeness (QED) is 0.342. The van der Waals surface area contributed by atoms with Gasteiger partial charge in [0.1, 0.15) is 5.75 Å². The highest BCUT2D eigenvalue weighted by Gasteiger charge is 2.27. The molecule has 0 bridgehead atoms. The Balaban J connectivity index is 1.37. The molecule has 1 amide bonds. The van der Waals surface area contributed by atoms with Crippen LogP contribution in [0.3, 0.4) is 0 Å². The molecule has 3 heterocycles. The number of carbonyl (C=O) groups is 1. The van der Waals surface area contributed by atoms with Crippen LogP contribution in [0.1, 0.15) is 49.4 Å². The zero-order valence-electron chi connectivity index (χ0n) is 23.1. The largest absolute Gasteiger partial charge is 0.494 e. The number of hydrogen-bond acceptors (Lipinski definition) is 8. The second kappa shape index (κ2) is 13.4. The van der Waals surface area contributed by atoms with Crippen LogP contribution in [-0.4, -0.2) is 87.6 Å². The third-order valence-corrected chi connectivity index (χ3v) is 10.4. The van der Waals surface area contributed by atoms with Crippen molar-refractivity contribution in [1.29, 1.82) is 0 Å². The Morgan fingerprint density at radius 1 is 1.02 bits per heavy atom. The van der Waals surface area contributed by atoms with Gasteiger partial charge in [-0.15, -0.1) is 0 Å². The van der Waals surface area contributed by atoms with Crippen molar-refractivity contribution in [3.8, 4) is 5.75 Å². The molecule has 0 saturated carbocycles. The number of ether oxygens (including phenoxy) is 2. The molecule has 0 spiro atoms. The van der Waals surface area contributed by atoms with Crippen molar-refractivity contribution in [3.05, 3.63) is 48.0 Å². The highest BCUT2D eigenvalue weighted by Crippen LogP contribution is 2.33. The monoisotopic (exact) mass is 586 g/mol. The van der Waals surface area contributed by atoms with Crippen LogP contribution < -0.4 is 9.64 Å². The predicted molar refractivity (Wildman–Crippen MR) is 158 cm³/mol. The summed E-state index contributed by atoms with van der Waals surface area (Å²) in [6.45, 7) is 8.22. The van der Waals surface area contributed by atoms with Gasteiger partial charge in [-0.3, -0.25) is 14.6 Å². The van der Waals surface area contributed by atoms with Gasteiger partial charge < -0.3 is 9.47 Å². The third-order valence-electron chi connectivity index (χ3n) is 7.40. The summed E-state index contributed by atoms with van der Waals surface area (Å²) in [5.74, 6) is 0.585. The van der Waals surface area contributed by atoms with E-state index in [1.165, 1.54) is 11.3 Å². The molecule has 1 aromatic heterocycles. The number of thiazole rings is 1. The van der Waals surface area contributed by atoms with Gasteiger partial charge in [-0.2, -0.15) is 4.31 Å². The van der Waals surface area contributed by atoms with Crippen molar-refractivity contribution >= 4 is 42.6 Å². The van der Waals surface area contributed by atoms with E-state index < -0.39 is 10.0 Å². The topological polar surface area (TPSA) is 92.3 Å². The molecular formula is C29H38N4O5S2. The van der Waals surface area contributed by atoms with Crippen molar-refractivity contribution in [3.63, 3.8) is 0 Å². The number of fused-ring (bicyclic) bond motifs is 1. The molecule has 2 saturated heterocycles. The Morgan fingerprint density at radius 2 is 1.75 bits per heavy atom. The normalized spacial score (nSPS) is 17.5. The molecule has 2 aromatic carbocycles. The highest BCUT2D eigenvalue weighted by atomic mass is 32.2. The summed E-state index contributed by atoms with van der Waals surface area (Å²) in [6, 6.07) is 12.1. The minimum Gasteiger partial charge on any atom is -0.494 e. The highest BCUT2D eigenvalue weighted by molar-refractivity contribution is 7.89. The maximum atomic E-state index is 13.9. The van der Waals surface area contributed by atoms with Gasteiger partial charge in [-0.1, -0.05) is 24.2 Å². The second-order valence-electron chi connectivity index (χ2n) is 10.2. The molecule has 0 unspecified atom stereocenters. The van der Waals surface area contributed by atoms with E-state index >= 15 is 0 Å². The summed E-state index contributed by atoms with van der Waals surface area (Å²) in [4.78, 5) is 22.9. The molecule has 40 heavy (non-hydrogen) atoms. The molecule has 2 aliphatic heterocycles. The average molecular weight is 587 g/mol. The molecule has 5 rings (SSSR count). The van der Waals surface area contributed by atoms with E-state index in [0.29, 0.717) is 36.9 Å². The molecular weight excluding hydrogens is 548 g/mol. The van der Waals surface area contributed by atoms with E-state index in [1.54, 1.807) is 33.5 Å². The van der Waals surface area contributed by atoms with Crippen LogP contribution in [0.25, 0.3) is 10.2 Å². The molecule has 0 aliphatic carbocycles. The fourth-order valence-corrected chi connectivity index (χ4v) is 7.72. The Bertz CT molecular complexity index is 1380. The standard InChI is InChI=1S/C29H38N4O5S2/c1-2-38-24-10-13-26-27(22-24)39-29(30-26)33(17-7-14-31-18-20-37-21-19-31)28(34)23-8-11-25(12-9-23)40(35,36)32-15-5-3-4-6-16-32/h8-13,22H,2-7,14-21H2,1H3. The van der Waals surface area contributed by atoms with Crippen LogP contribution in [0.4, 0.5) is 5.13 Å². The predicted octanol–water partition coefficient (Wildman–Crippen LogP) is 4.63. The summed E-state index contributed by atoms with van der Waals surface area (Å²) in [7, 11) is -3.58. The molecule has 3 aromatic rings. The van der Waals surface area contributed by atoms with Crippen molar-refractivity contribution < 1.29 is 22.7 Å². The molecule has 2 aliphatic rings. The van der Waals surface area contributed by atoms with E-state index in [4.69, 9.17) is 14.5 Å². The molecule has 11 heteroatoms. The maximum Gasteiger partial charge on any atom is 0.260 e. The number of morpholine rings is 1. The van der Waals surface area contributed by atoms with Crippen LogP contribution in [0.2, 0.25) is 0 Å². The molecule has 0 N–H and O–H groups in total. The number of hydrogen-bond donors (Lipinski definition) is 0. The summed E-state index contributed by atoms with van der Waals surface area (Å²) in [5.41, 5.74) is 1.25. The lowest BCUT2D eigenvalue weighted by atomic mass is 10.2. The van der Waals surface area contributed by atoms with Gasteiger partial charge in [0.15, 0.2) is 5.13 Å². The number of carbonyl (C=O) groups excluding carboxylic acids is 1. The SMILES string of the molecule is CCOc1ccc2nc(N(CCCN3CCOCC3)C(=O)c3ccc(S(=O)(=O)N4CCCCCC4)cc3)sc2c1. The Hall–Kier alpha value is -2.57. The first-order chi connectivity index (χ1) is 19.5. The third kappa shape index (κ3) is 6.83. The van der Waals surface area contributed by atoms with E-state index in [-0.39, 0.29) is 10.8 Å². The van der Waals surface area contributed by atoms with Crippen molar-refractivity contribution in [1.82, 2.24) is 14.2 Å². The van der Waals surface area contributed by atoms with E-state index in [9.17, 15) is 13.2 Å². The molecule has 9 nitrogen and oxygen atoms in total. The lowest BCUT2D eigenvalue weighted by Gasteiger charge is -2.27. The van der Waals surface area contributed by atoms with Crippen molar-refractivity contribution in [2.24, 2.45) is 0 Å². The maximum absolute atomic E-state index is 13.9. The van der Waals surface area contributed by atoms with Crippen molar-refractivity contribution in [2.45, 2.75) is 43.9 Å². The minimum atomic E-state index is -3.58. The van der Waals surface area contributed by atoms with E-state index in [2.05, 4.69) is 4.90 Å². The summed E-state index contributed by atoms with van der Waals surface area (Å²) in [5, 5.41) is 0.622. The van der Waals surface area contributed by atoms with Gasteiger partial charge in [-0.25, -0.2) is 13.4 Å². The zero-order chi connectivity index (χ0) is 28.0. The van der Waals surface area contributed by atoms with Gasteiger partial charge in [-0.05, 0) is 68.7 Å². The van der Waals surface area contributed by atoms with Gasteiger partial charge >= 0.3 is 0 Å². The molecule has 0 radical (unpaired) electrons. The van der Waals surface area contributed by atoms with Crippen LogP contribution in [0, 0.1) is 0 Å². The van der Waals surface area contributed by atoms with Crippen LogP contribution in [0.5, 0.6) is 5.75 Å². The summed E-state index contributed by atoms with van der Waals surface area (Å²) < 4.78 is 40.1. The first-order valence-electron chi connectivity index (χ1n) is 14.2. The molecule has 2 fully saturated rings. The molecule has 0 atom stereocenters. The van der Waals surface area contributed by atoms with Crippen LogP contribution >= 0.6 is 11.3 Å². The number of amides is 1. The van der Waals surface area contributed by atoms with Gasteiger partial charge in [0.25, 0.3) is 5.91 Å². The van der Waals surface area contributed by atoms with E-state index in [0.717, 1.165) is 80.9 Å². The van der Waals surface area contributed by atoms with Gasteiger partial charge in [0.05, 0.1) is 34.9 Å². The number of rotatable bonds is 10. The fourth-order valence-electron chi connectivity index (χ4n) is 5.18. The summed E-state index contributed by atoms with van der Waals surface area (Å²) >= 11 is 1.46. The smallest absolute Gasteiger partial charge is 0.260 e. The number of sulfonamides is 1. The Morgan fingerprint density at radius 3 is 2.45 bits per heavy atom. The number of anilines is 1. The molecule has 216 valence electrons. The average Bonchev–Trinajstić information content (AvgIpc) is 3.18. The van der Waals surface area contributed by atoms with Crippen LogP contribution in [-0.2, 0) is 14.8 Å². The first-order valence-corrected chi connectivity index (χ1v) is 16.5. The fraction of sp³-hybridized carbons (Fsp3) is 0.517. The lowest BCUT2D eigenvalue weighted by molar-refractivity contribution is 0.0376. The first kappa shape index (κ1) is 28.9. The number of nitrogens with zero attached hydrogens (tertiary/aromatic N) is 4. The number of benzene rings is 2. The second-order valence-corrected chi connectivity index (χ2v) is 13.1. The van der Waals surface area contributed by atoms with E-state index in [1.807, 2.05) is 25.1 Å². The Labute approximate surface area is 240 Å². The minimum absolute atomic E-state index is 0.190. The zero-order valence-corrected chi connectivity index (χ0v) is 24.7. The van der Waals surface area contributed by atoms with Gasteiger partial charge in [0, 0.05) is 44.8 Å². The number of aromatic nitrogens is 1. The van der Waals surface area contributed by atoms with Crippen LogP contribution in [0.15, 0.2) is 47.4 Å².